The third kappa shape index (κ3) is 2.89. The summed E-state index contributed by atoms with van der Waals surface area (Å²) in [6.45, 7) is 0. The fourth-order valence-electron chi connectivity index (χ4n) is 6.97. The third-order valence-electron chi connectivity index (χ3n) is 8.55. The highest BCUT2D eigenvalue weighted by Gasteiger charge is 2.50. The number of benzene rings is 6. The lowest BCUT2D eigenvalue weighted by molar-refractivity contribution is 0.723. The van der Waals surface area contributed by atoms with E-state index < -0.39 is 0 Å². The quantitative estimate of drug-likeness (QED) is 0.232. The van der Waals surface area contributed by atoms with Crippen LogP contribution in [0, 0.1) is 0 Å². The first-order chi connectivity index (χ1) is 19.8. The number of hydrogen-bond donors (Lipinski definition) is 1. The normalized spacial score (nSPS) is 14.1. The lowest BCUT2D eigenvalue weighted by atomic mass is 9.67. The first kappa shape index (κ1) is 22.5. The van der Waals surface area contributed by atoms with Crippen LogP contribution >= 0.6 is 23.1 Å². The average molecular weight is 546 g/mol. The average Bonchev–Trinajstić information content (AvgIpc) is 3.53. The van der Waals surface area contributed by atoms with Gasteiger partial charge in [0.1, 0.15) is 0 Å². The SMILES string of the molecule is c1ccc2c(c1)Sc1c(Nc3cccc4c3sc3ccccc34)cccc1C21c2ccccc2-c2ccccc21. The second-order valence-corrected chi connectivity index (χ2v) is 12.6. The van der Waals surface area contributed by atoms with E-state index in [1.165, 1.54) is 63.3 Å². The minimum absolute atomic E-state index is 0.355. The van der Waals surface area contributed by atoms with Gasteiger partial charge in [-0.25, -0.2) is 0 Å². The van der Waals surface area contributed by atoms with Crippen LogP contribution in [0.25, 0.3) is 31.3 Å². The summed E-state index contributed by atoms with van der Waals surface area (Å²) >= 11 is 3.75. The van der Waals surface area contributed by atoms with E-state index in [9.17, 15) is 0 Å². The lowest BCUT2D eigenvalue weighted by Crippen LogP contribution is -2.32. The van der Waals surface area contributed by atoms with Crippen molar-refractivity contribution in [1.29, 1.82) is 0 Å². The van der Waals surface area contributed by atoms with Crippen molar-refractivity contribution in [3.05, 3.63) is 156 Å². The molecule has 188 valence electrons. The van der Waals surface area contributed by atoms with E-state index in [1.807, 2.05) is 23.1 Å². The number of nitrogens with one attached hydrogen (secondary N) is 1. The maximum atomic E-state index is 3.91. The Labute approximate surface area is 241 Å². The van der Waals surface area contributed by atoms with Gasteiger partial charge in [0.25, 0.3) is 0 Å². The van der Waals surface area contributed by atoms with E-state index in [1.54, 1.807) is 0 Å². The summed E-state index contributed by atoms with van der Waals surface area (Å²) in [5.41, 5.74) is 10.1. The minimum atomic E-state index is -0.355. The van der Waals surface area contributed by atoms with E-state index in [-0.39, 0.29) is 5.41 Å². The minimum Gasteiger partial charge on any atom is -0.353 e. The fraction of sp³-hybridized carbons (Fsp3) is 0.0270. The van der Waals surface area contributed by atoms with Crippen molar-refractivity contribution in [3.63, 3.8) is 0 Å². The number of thiophene rings is 1. The van der Waals surface area contributed by atoms with Gasteiger partial charge in [-0.15, -0.1) is 11.3 Å². The Bertz CT molecular complexity index is 2090. The summed E-state index contributed by atoms with van der Waals surface area (Å²) in [5.74, 6) is 0. The van der Waals surface area contributed by atoms with Gasteiger partial charge in [0, 0.05) is 25.3 Å². The Morgan fingerprint density at radius 3 is 1.90 bits per heavy atom. The van der Waals surface area contributed by atoms with Crippen molar-refractivity contribution in [3.8, 4) is 11.1 Å². The molecule has 1 aliphatic carbocycles. The van der Waals surface area contributed by atoms with Crippen LogP contribution in [0.5, 0.6) is 0 Å². The van der Waals surface area contributed by atoms with Crippen molar-refractivity contribution < 1.29 is 0 Å². The molecule has 0 saturated carbocycles. The molecule has 3 heteroatoms. The maximum Gasteiger partial charge on any atom is 0.0736 e. The Morgan fingerprint density at radius 1 is 0.475 bits per heavy atom. The van der Waals surface area contributed by atoms with Gasteiger partial charge in [-0.3, -0.25) is 0 Å². The summed E-state index contributed by atoms with van der Waals surface area (Å²) < 4.78 is 2.62. The molecule has 40 heavy (non-hydrogen) atoms. The predicted molar refractivity (Wildman–Crippen MR) is 170 cm³/mol. The predicted octanol–water partition coefficient (Wildman–Crippen LogP) is 10.6. The van der Waals surface area contributed by atoms with Crippen molar-refractivity contribution in [2.75, 3.05) is 5.32 Å². The second-order valence-electron chi connectivity index (χ2n) is 10.5. The van der Waals surface area contributed by atoms with Gasteiger partial charge in [-0.05, 0) is 57.6 Å². The van der Waals surface area contributed by atoms with Crippen molar-refractivity contribution in [2.45, 2.75) is 15.2 Å². The number of anilines is 2. The van der Waals surface area contributed by atoms with Gasteiger partial charge >= 0.3 is 0 Å². The summed E-state index contributed by atoms with van der Waals surface area (Å²) in [7, 11) is 0. The molecule has 2 aliphatic rings. The maximum absolute atomic E-state index is 3.91. The van der Waals surface area contributed by atoms with Gasteiger partial charge < -0.3 is 5.32 Å². The summed E-state index contributed by atoms with van der Waals surface area (Å²) in [5, 5.41) is 6.54. The number of hydrogen-bond acceptors (Lipinski definition) is 3. The molecule has 7 aromatic rings. The number of fused-ring (bicyclic) bond motifs is 12. The van der Waals surface area contributed by atoms with Gasteiger partial charge in [0.05, 0.1) is 21.5 Å². The molecule has 0 radical (unpaired) electrons. The third-order valence-corrected chi connectivity index (χ3v) is 11.0. The second kappa shape index (κ2) is 8.34. The molecule has 0 saturated heterocycles. The molecule has 1 nitrogen and oxygen atoms in total. The zero-order chi connectivity index (χ0) is 26.3. The molecule has 1 aromatic heterocycles. The molecular formula is C37H23NS2. The molecule has 1 aliphatic heterocycles. The highest BCUT2D eigenvalue weighted by molar-refractivity contribution is 7.99. The molecular weight excluding hydrogens is 523 g/mol. The Morgan fingerprint density at radius 2 is 1.07 bits per heavy atom. The van der Waals surface area contributed by atoms with Gasteiger partial charge in [-0.2, -0.15) is 0 Å². The van der Waals surface area contributed by atoms with Crippen LogP contribution < -0.4 is 5.32 Å². The topological polar surface area (TPSA) is 12.0 Å². The van der Waals surface area contributed by atoms with Crippen molar-refractivity contribution >= 4 is 54.6 Å². The van der Waals surface area contributed by atoms with Crippen molar-refractivity contribution in [2.24, 2.45) is 0 Å². The fourth-order valence-corrected chi connectivity index (χ4v) is 9.40. The smallest absolute Gasteiger partial charge is 0.0736 e. The highest BCUT2D eigenvalue weighted by Crippen LogP contribution is 2.63. The van der Waals surface area contributed by atoms with Gasteiger partial charge in [0.2, 0.25) is 0 Å². The van der Waals surface area contributed by atoms with Gasteiger partial charge in [-0.1, -0.05) is 121 Å². The van der Waals surface area contributed by atoms with E-state index in [0.29, 0.717) is 0 Å². The Kier molecular flexibility index (Phi) is 4.69. The molecule has 0 fully saturated rings. The standard InChI is InChI=1S/C37H23NS2/c1-4-15-27-23(11-1)24-12-2-5-16-28(24)37(27)29-17-6-8-22-34(29)40-36-30(37)18-10-20-32(36)38-31-19-9-14-26-25-13-3-7-21-33(25)39-35(26)31/h1-22,38H. The first-order valence-corrected chi connectivity index (χ1v) is 15.2. The van der Waals surface area contributed by atoms with E-state index in [2.05, 4.69) is 139 Å². The Balaban J connectivity index is 1.32. The van der Waals surface area contributed by atoms with Gasteiger partial charge in [0.15, 0.2) is 0 Å². The van der Waals surface area contributed by atoms with Crippen LogP contribution in [0.15, 0.2) is 143 Å². The monoisotopic (exact) mass is 545 g/mol. The molecule has 0 atom stereocenters. The van der Waals surface area contributed by atoms with E-state index >= 15 is 0 Å². The van der Waals surface area contributed by atoms with Crippen LogP contribution in [0.1, 0.15) is 22.3 Å². The molecule has 1 spiro atoms. The molecule has 0 unspecified atom stereocenters. The Hall–Kier alpha value is -4.31. The zero-order valence-electron chi connectivity index (χ0n) is 21.5. The summed E-state index contributed by atoms with van der Waals surface area (Å²) in [6.07, 6.45) is 0. The summed E-state index contributed by atoms with van der Waals surface area (Å²) in [4.78, 5) is 2.61. The first-order valence-electron chi connectivity index (χ1n) is 13.6. The van der Waals surface area contributed by atoms with Crippen molar-refractivity contribution in [1.82, 2.24) is 0 Å². The van der Waals surface area contributed by atoms with Crippen LogP contribution in [-0.4, -0.2) is 0 Å². The lowest BCUT2D eigenvalue weighted by Gasteiger charge is -2.40. The number of rotatable bonds is 2. The largest absolute Gasteiger partial charge is 0.353 e. The van der Waals surface area contributed by atoms with E-state index in [0.717, 1.165) is 11.4 Å². The molecule has 6 aromatic carbocycles. The molecule has 0 bridgehead atoms. The molecule has 9 rings (SSSR count). The molecule has 0 amide bonds. The van der Waals surface area contributed by atoms with Crippen LogP contribution in [0.2, 0.25) is 0 Å². The van der Waals surface area contributed by atoms with Crippen LogP contribution in [0.3, 0.4) is 0 Å². The van der Waals surface area contributed by atoms with E-state index in [4.69, 9.17) is 0 Å². The van der Waals surface area contributed by atoms with Crippen LogP contribution in [0.4, 0.5) is 11.4 Å². The molecule has 1 N–H and O–H groups in total. The summed E-state index contributed by atoms with van der Waals surface area (Å²) in [6, 6.07) is 49.1. The highest BCUT2D eigenvalue weighted by atomic mass is 32.2. The molecule has 2 heterocycles. The van der Waals surface area contributed by atoms with Crippen LogP contribution in [-0.2, 0) is 5.41 Å². The zero-order valence-corrected chi connectivity index (χ0v) is 23.2.